The van der Waals surface area contributed by atoms with Gasteiger partial charge in [-0.15, -0.1) is 0 Å². The Balaban J connectivity index is 2.34. The molecular formula is C11H11BrN6O. The molecule has 1 N–H and O–H groups in total. The Morgan fingerprint density at radius 2 is 2.26 bits per heavy atom. The fourth-order valence-corrected chi connectivity index (χ4v) is 2.14. The van der Waals surface area contributed by atoms with Crippen LogP contribution in [0.2, 0.25) is 0 Å². The second-order valence-electron chi connectivity index (χ2n) is 3.75. The molecule has 0 fully saturated rings. The average molecular weight is 323 g/mol. The fourth-order valence-electron chi connectivity index (χ4n) is 1.66. The largest absolute Gasteiger partial charge is 0.304 e. The first-order valence-corrected chi connectivity index (χ1v) is 6.32. The van der Waals surface area contributed by atoms with Crippen molar-refractivity contribution in [1.29, 1.82) is 5.26 Å². The number of hydrogen-bond donors (Lipinski definition) is 1. The number of nitriles is 1. The summed E-state index contributed by atoms with van der Waals surface area (Å²) in [5.74, 6) is 0.0228. The van der Waals surface area contributed by atoms with Crippen LogP contribution in [-0.2, 0) is 13.6 Å². The number of nitrogens with zero attached hydrogens (tertiary/aromatic N) is 5. The third-order valence-electron chi connectivity index (χ3n) is 2.60. The van der Waals surface area contributed by atoms with Crippen LogP contribution >= 0.6 is 15.9 Å². The molecule has 2 aromatic heterocycles. The third-order valence-corrected chi connectivity index (χ3v) is 3.18. The molecule has 0 aliphatic carbocycles. The molecule has 0 atom stereocenters. The van der Waals surface area contributed by atoms with Gasteiger partial charge in [0.2, 0.25) is 0 Å². The van der Waals surface area contributed by atoms with E-state index in [9.17, 15) is 4.79 Å². The molecule has 0 saturated carbocycles. The Hall–Kier alpha value is -2.14. The number of rotatable bonds is 3. The summed E-state index contributed by atoms with van der Waals surface area (Å²) >= 11 is 3.29. The monoisotopic (exact) mass is 322 g/mol. The predicted octanol–water partition coefficient (Wildman–Crippen LogP) is 1.52. The number of aryl methyl sites for hydroxylation is 2. The maximum Gasteiger partial charge on any atom is 0.276 e. The van der Waals surface area contributed by atoms with E-state index >= 15 is 0 Å². The zero-order chi connectivity index (χ0) is 14.0. The maximum absolute atomic E-state index is 12.2. The van der Waals surface area contributed by atoms with Gasteiger partial charge in [-0.2, -0.15) is 15.5 Å². The lowest BCUT2D eigenvalue weighted by Gasteiger charge is -2.08. The molecule has 7 nitrogen and oxygen atoms in total. The lowest BCUT2D eigenvalue weighted by Crippen LogP contribution is -2.20. The van der Waals surface area contributed by atoms with Crippen molar-refractivity contribution in [3.05, 3.63) is 28.1 Å². The highest BCUT2D eigenvalue weighted by Gasteiger charge is 2.19. The Kier molecular flexibility index (Phi) is 3.66. The first-order valence-electron chi connectivity index (χ1n) is 5.53. The summed E-state index contributed by atoms with van der Waals surface area (Å²) in [5, 5.41) is 19.6. The van der Waals surface area contributed by atoms with Gasteiger partial charge < -0.3 is 5.32 Å². The van der Waals surface area contributed by atoms with Gasteiger partial charge in [0.1, 0.15) is 23.1 Å². The topological polar surface area (TPSA) is 88.5 Å². The van der Waals surface area contributed by atoms with Gasteiger partial charge in [-0.05, 0) is 22.9 Å². The molecule has 0 aliphatic heterocycles. The van der Waals surface area contributed by atoms with E-state index < -0.39 is 0 Å². The van der Waals surface area contributed by atoms with E-state index in [-0.39, 0.29) is 5.91 Å². The first-order chi connectivity index (χ1) is 9.08. The van der Waals surface area contributed by atoms with Gasteiger partial charge in [0, 0.05) is 13.6 Å². The molecule has 0 unspecified atom stereocenters. The number of carbonyl (C=O) groups excluding carboxylic acids is 1. The Labute approximate surface area is 117 Å². The molecule has 0 aliphatic rings. The van der Waals surface area contributed by atoms with Gasteiger partial charge in [-0.1, -0.05) is 0 Å². The van der Waals surface area contributed by atoms with Crippen LogP contribution in [0.3, 0.4) is 0 Å². The summed E-state index contributed by atoms with van der Waals surface area (Å²) in [4.78, 5) is 12.2. The first kappa shape index (κ1) is 13.3. The highest BCUT2D eigenvalue weighted by Crippen LogP contribution is 2.19. The summed E-state index contributed by atoms with van der Waals surface area (Å²) < 4.78 is 3.62. The fraction of sp³-hybridized carbons (Fsp3) is 0.273. The molecule has 0 aromatic carbocycles. The number of anilines is 1. The number of aromatic nitrogens is 4. The zero-order valence-corrected chi connectivity index (χ0v) is 12.0. The summed E-state index contributed by atoms with van der Waals surface area (Å²) in [7, 11) is 1.66. The highest BCUT2D eigenvalue weighted by molar-refractivity contribution is 9.10. The van der Waals surface area contributed by atoms with Crippen LogP contribution < -0.4 is 5.32 Å². The number of nitrogens with one attached hydrogen (secondary N) is 1. The maximum atomic E-state index is 12.2. The van der Waals surface area contributed by atoms with Gasteiger partial charge in [0.15, 0.2) is 0 Å². The SMILES string of the molecule is CCn1ncc(Br)c1C(=O)Nc1c(C#N)cnn1C. The van der Waals surface area contributed by atoms with Crippen molar-refractivity contribution in [2.24, 2.45) is 7.05 Å². The second kappa shape index (κ2) is 5.24. The van der Waals surface area contributed by atoms with Gasteiger partial charge in [0.05, 0.1) is 16.9 Å². The van der Waals surface area contributed by atoms with E-state index in [0.717, 1.165) is 0 Å². The molecule has 0 bridgehead atoms. The van der Waals surface area contributed by atoms with Crippen molar-refractivity contribution in [2.75, 3.05) is 5.32 Å². The minimum atomic E-state index is -0.341. The van der Waals surface area contributed by atoms with E-state index in [1.165, 1.54) is 10.9 Å². The number of halogens is 1. The molecule has 0 spiro atoms. The highest BCUT2D eigenvalue weighted by atomic mass is 79.9. The van der Waals surface area contributed by atoms with Crippen molar-refractivity contribution in [2.45, 2.75) is 13.5 Å². The van der Waals surface area contributed by atoms with E-state index in [1.54, 1.807) is 17.9 Å². The van der Waals surface area contributed by atoms with Crippen LogP contribution in [0.4, 0.5) is 5.82 Å². The Morgan fingerprint density at radius 3 is 2.89 bits per heavy atom. The molecule has 0 radical (unpaired) electrons. The van der Waals surface area contributed by atoms with Crippen LogP contribution in [0.25, 0.3) is 0 Å². The Bertz CT molecular complexity index is 665. The summed E-state index contributed by atoms with van der Waals surface area (Å²) in [6, 6.07) is 1.98. The smallest absolute Gasteiger partial charge is 0.276 e. The molecule has 98 valence electrons. The standard InChI is InChI=1S/C11H11BrN6O/c1-3-18-9(8(12)6-15-18)11(19)16-10-7(4-13)5-14-17(10)2/h5-6H,3H2,1-2H3,(H,16,19). The third kappa shape index (κ3) is 2.37. The van der Waals surface area contributed by atoms with E-state index in [2.05, 4.69) is 31.4 Å². The van der Waals surface area contributed by atoms with E-state index in [4.69, 9.17) is 5.26 Å². The summed E-state index contributed by atoms with van der Waals surface area (Å²) in [5.41, 5.74) is 0.724. The number of carbonyl (C=O) groups is 1. The minimum absolute atomic E-state index is 0.314. The molecule has 19 heavy (non-hydrogen) atoms. The predicted molar refractivity (Wildman–Crippen MR) is 71.5 cm³/mol. The normalized spacial score (nSPS) is 10.2. The molecule has 2 rings (SSSR count). The zero-order valence-electron chi connectivity index (χ0n) is 10.4. The van der Waals surface area contributed by atoms with Gasteiger partial charge in [-0.25, -0.2) is 0 Å². The van der Waals surface area contributed by atoms with Gasteiger partial charge in [-0.3, -0.25) is 14.2 Å². The van der Waals surface area contributed by atoms with E-state index in [0.29, 0.717) is 28.1 Å². The quantitative estimate of drug-likeness (QED) is 0.927. The summed E-state index contributed by atoms with van der Waals surface area (Å²) in [6.45, 7) is 2.46. The van der Waals surface area contributed by atoms with Gasteiger partial charge in [0.25, 0.3) is 5.91 Å². The van der Waals surface area contributed by atoms with Crippen molar-refractivity contribution >= 4 is 27.7 Å². The molecule has 2 heterocycles. The van der Waals surface area contributed by atoms with Crippen LogP contribution in [0.5, 0.6) is 0 Å². The van der Waals surface area contributed by atoms with Crippen molar-refractivity contribution in [1.82, 2.24) is 19.6 Å². The lowest BCUT2D eigenvalue weighted by atomic mass is 10.3. The minimum Gasteiger partial charge on any atom is -0.304 e. The second-order valence-corrected chi connectivity index (χ2v) is 4.61. The van der Waals surface area contributed by atoms with Crippen LogP contribution in [0, 0.1) is 11.3 Å². The average Bonchev–Trinajstić information content (AvgIpc) is 2.93. The van der Waals surface area contributed by atoms with Crippen LogP contribution in [0.1, 0.15) is 23.0 Å². The van der Waals surface area contributed by atoms with Crippen LogP contribution in [0.15, 0.2) is 16.9 Å². The summed E-state index contributed by atoms with van der Waals surface area (Å²) in [6.07, 6.45) is 2.97. The number of amides is 1. The Morgan fingerprint density at radius 1 is 1.53 bits per heavy atom. The van der Waals surface area contributed by atoms with Crippen LogP contribution in [-0.4, -0.2) is 25.5 Å². The molecular weight excluding hydrogens is 312 g/mol. The molecule has 2 aromatic rings. The van der Waals surface area contributed by atoms with Crippen molar-refractivity contribution < 1.29 is 4.79 Å². The van der Waals surface area contributed by atoms with Gasteiger partial charge >= 0.3 is 0 Å². The molecule has 0 saturated heterocycles. The molecule has 8 heteroatoms. The number of hydrogen-bond acceptors (Lipinski definition) is 4. The van der Waals surface area contributed by atoms with Crippen molar-refractivity contribution in [3.63, 3.8) is 0 Å². The van der Waals surface area contributed by atoms with E-state index in [1.807, 2.05) is 13.0 Å². The lowest BCUT2D eigenvalue weighted by molar-refractivity contribution is 0.101. The molecule has 1 amide bonds. The van der Waals surface area contributed by atoms with Crippen molar-refractivity contribution in [3.8, 4) is 6.07 Å².